The molecule has 1 aliphatic rings. The molecule has 0 aromatic heterocycles. The van der Waals surface area contributed by atoms with Crippen molar-refractivity contribution in [2.45, 2.75) is 32.5 Å². The molecular formula is C6H12O4. The second-order valence-electron chi connectivity index (χ2n) is 2.40. The lowest BCUT2D eigenvalue weighted by Crippen LogP contribution is -2.37. The van der Waals surface area contributed by atoms with E-state index in [2.05, 4.69) is 9.78 Å². The van der Waals surface area contributed by atoms with Crippen molar-refractivity contribution in [2.24, 2.45) is 0 Å². The summed E-state index contributed by atoms with van der Waals surface area (Å²) in [6.45, 7) is 3.85. The third-order valence-corrected chi connectivity index (χ3v) is 1.27. The van der Waals surface area contributed by atoms with Crippen LogP contribution in [0.5, 0.6) is 0 Å². The molecule has 4 nitrogen and oxygen atoms in total. The second kappa shape index (κ2) is 3.30. The molecule has 0 aromatic rings. The van der Waals surface area contributed by atoms with Gasteiger partial charge in [-0.15, -0.1) is 0 Å². The Morgan fingerprint density at radius 1 is 1.30 bits per heavy atom. The molecule has 10 heavy (non-hydrogen) atoms. The van der Waals surface area contributed by atoms with Crippen LogP contribution in [0, 0.1) is 0 Å². The molecule has 1 aliphatic heterocycles. The van der Waals surface area contributed by atoms with E-state index in [0.29, 0.717) is 0 Å². The Morgan fingerprint density at radius 3 is 2.40 bits per heavy atom. The van der Waals surface area contributed by atoms with Crippen LogP contribution in [0.3, 0.4) is 0 Å². The van der Waals surface area contributed by atoms with Crippen LogP contribution >= 0.6 is 0 Å². The topological polar surface area (TPSA) is 36.9 Å². The molecule has 4 heteroatoms. The van der Waals surface area contributed by atoms with Crippen LogP contribution in [0.4, 0.5) is 0 Å². The minimum absolute atomic E-state index is 0.0410. The molecule has 0 atom stereocenters. The molecule has 0 spiro atoms. The lowest BCUT2D eigenvalue weighted by atomic mass is 10.2. The summed E-state index contributed by atoms with van der Waals surface area (Å²) in [6.07, 6.45) is 1.72. The summed E-state index contributed by atoms with van der Waals surface area (Å²) < 4.78 is 0. The average Bonchev–Trinajstić information content (AvgIpc) is 1.89. The third kappa shape index (κ3) is 1.91. The lowest BCUT2D eigenvalue weighted by molar-refractivity contribution is -0.595. The fourth-order valence-corrected chi connectivity index (χ4v) is 0.868. The van der Waals surface area contributed by atoms with Gasteiger partial charge in [0.15, 0.2) is 0 Å². The first-order valence-electron chi connectivity index (χ1n) is 3.38. The Hall–Kier alpha value is -0.160. The predicted octanol–water partition coefficient (Wildman–Crippen LogP) is 1.37. The van der Waals surface area contributed by atoms with E-state index < -0.39 is 5.79 Å². The first kappa shape index (κ1) is 7.94. The van der Waals surface area contributed by atoms with Crippen LogP contribution in [0.2, 0.25) is 0 Å². The third-order valence-electron chi connectivity index (χ3n) is 1.27. The first-order chi connectivity index (χ1) is 4.77. The van der Waals surface area contributed by atoms with Gasteiger partial charge in [-0.3, -0.25) is 0 Å². The highest BCUT2D eigenvalue weighted by Gasteiger charge is 2.31. The largest absolute Gasteiger partial charge is 0.231 e. The maximum absolute atomic E-state index is 4.86. The average molecular weight is 148 g/mol. The van der Waals surface area contributed by atoms with Crippen molar-refractivity contribution < 1.29 is 19.6 Å². The van der Waals surface area contributed by atoms with Gasteiger partial charge in [-0.05, 0) is 6.92 Å². The summed E-state index contributed by atoms with van der Waals surface area (Å²) in [5.41, 5.74) is 0. The quantitative estimate of drug-likeness (QED) is 0.554. The van der Waals surface area contributed by atoms with Gasteiger partial charge in [-0.25, -0.2) is 9.78 Å². The van der Waals surface area contributed by atoms with E-state index in [1.54, 1.807) is 6.92 Å². The fourth-order valence-electron chi connectivity index (χ4n) is 0.868. The van der Waals surface area contributed by atoms with Crippen molar-refractivity contribution in [3.05, 3.63) is 0 Å². The minimum Gasteiger partial charge on any atom is -0.202 e. The smallest absolute Gasteiger partial charge is 0.202 e. The second-order valence-corrected chi connectivity index (χ2v) is 2.40. The molecule has 0 amide bonds. The molecule has 0 bridgehead atoms. The Kier molecular flexibility index (Phi) is 2.62. The lowest BCUT2D eigenvalue weighted by Gasteiger charge is -2.29. The first-order valence-corrected chi connectivity index (χ1v) is 3.38. The van der Waals surface area contributed by atoms with Crippen molar-refractivity contribution in [1.29, 1.82) is 0 Å². The van der Waals surface area contributed by atoms with Crippen molar-refractivity contribution in [3.63, 3.8) is 0 Å². The van der Waals surface area contributed by atoms with Crippen molar-refractivity contribution in [1.82, 2.24) is 0 Å². The molecule has 0 unspecified atom stereocenters. The Morgan fingerprint density at radius 2 is 1.90 bits per heavy atom. The number of hydrogen-bond donors (Lipinski definition) is 0. The van der Waals surface area contributed by atoms with E-state index in [4.69, 9.17) is 9.78 Å². The molecular weight excluding hydrogens is 136 g/mol. The van der Waals surface area contributed by atoms with Gasteiger partial charge in [-0.1, -0.05) is 13.3 Å². The maximum atomic E-state index is 4.86. The maximum Gasteiger partial charge on any atom is 0.231 e. The van der Waals surface area contributed by atoms with Gasteiger partial charge < -0.3 is 0 Å². The van der Waals surface area contributed by atoms with Crippen molar-refractivity contribution >= 4 is 0 Å². The van der Waals surface area contributed by atoms with E-state index in [1.165, 1.54) is 0 Å². The van der Waals surface area contributed by atoms with Crippen LogP contribution in [-0.4, -0.2) is 12.6 Å². The summed E-state index contributed by atoms with van der Waals surface area (Å²) >= 11 is 0. The van der Waals surface area contributed by atoms with E-state index in [-0.39, 0.29) is 6.79 Å². The molecule has 1 saturated heterocycles. The Bertz CT molecular complexity index is 92.4. The monoisotopic (exact) mass is 148 g/mol. The molecule has 1 rings (SSSR count). The van der Waals surface area contributed by atoms with Gasteiger partial charge in [0.2, 0.25) is 12.6 Å². The van der Waals surface area contributed by atoms with E-state index in [1.807, 2.05) is 6.92 Å². The summed E-state index contributed by atoms with van der Waals surface area (Å²) in [5, 5.41) is 0. The zero-order valence-electron chi connectivity index (χ0n) is 6.25. The van der Waals surface area contributed by atoms with Gasteiger partial charge >= 0.3 is 0 Å². The van der Waals surface area contributed by atoms with E-state index in [9.17, 15) is 0 Å². The molecule has 60 valence electrons. The molecule has 0 N–H and O–H groups in total. The van der Waals surface area contributed by atoms with Crippen molar-refractivity contribution in [2.75, 3.05) is 6.79 Å². The summed E-state index contributed by atoms with van der Waals surface area (Å²) in [6, 6.07) is 0. The summed E-state index contributed by atoms with van der Waals surface area (Å²) in [4.78, 5) is 18.9. The van der Waals surface area contributed by atoms with E-state index in [0.717, 1.165) is 12.8 Å². The molecule has 0 saturated carbocycles. The number of hydrogen-bond acceptors (Lipinski definition) is 4. The molecule has 0 aromatic carbocycles. The highest BCUT2D eigenvalue weighted by molar-refractivity contribution is 4.57. The Labute approximate surface area is 59.9 Å². The zero-order valence-corrected chi connectivity index (χ0v) is 6.25. The SMILES string of the molecule is CCCC1(C)OOCOO1. The highest BCUT2D eigenvalue weighted by Crippen LogP contribution is 2.22. The molecule has 1 heterocycles. The Balaban J connectivity index is 2.32. The normalized spacial score (nSPS) is 24.6. The van der Waals surface area contributed by atoms with Crippen molar-refractivity contribution in [3.8, 4) is 0 Å². The summed E-state index contributed by atoms with van der Waals surface area (Å²) in [7, 11) is 0. The standard InChI is InChI=1S/C6H12O4/c1-3-4-6(2)9-7-5-8-10-6/h3-5H2,1-2H3. The van der Waals surface area contributed by atoms with Gasteiger partial charge in [0, 0.05) is 6.42 Å². The number of rotatable bonds is 2. The van der Waals surface area contributed by atoms with Crippen LogP contribution < -0.4 is 0 Å². The predicted molar refractivity (Wildman–Crippen MR) is 32.5 cm³/mol. The van der Waals surface area contributed by atoms with Crippen LogP contribution in [0.15, 0.2) is 0 Å². The van der Waals surface area contributed by atoms with Gasteiger partial charge in [0.25, 0.3) is 0 Å². The minimum atomic E-state index is -0.715. The van der Waals surface area contributed by atoms with Crippen LogP contribution in [0.1, 0.15) is 26.7 Å². The van der Waals surface area contributed by atoms with Crippen LogP contribution in [-0.2, 0) is 19.6 Å². The molecule has 1 fully saturated rings. The molecule has 0 radical (unpaired) electrons. The van der Waals surface area contributed by atoms with Crippen LogP contribution in [0.25, 0.3) is 0 Å². The van der Waals surface area contributed by atoms with Gasteiger partial charge in [0.05, 0.1) is 0 Å². The summed E-state index contributed by atoms with van der Waals surface area (Å²) in [5.74, 6) is -0.715. The zero-order chi connectivity index (χ0) is 7.45. The van der Waals surface area contributed by atoms with Gasteiger partial charge in [-0.2, -0.15) is 9.78 Å². The highest BCUT2D eigenvalue weighted by atomic mass is 17.4. The molecule has 0 aliphatic carbocycles. The van der Waals surface area contributed by atoms with E-state index >= 15 is 0 Å². The fraction of sp³-hybridized carbons (Fsp3) is 1.00. The van der Waals surface area contributed by atoms with Gasteiger partial charge in [0.1, 0.15) is 0 Å².